The number of phenolic OH excluding ortho intramolecular Hbond substituents is 1. The van der Waals surface area contributed by atoms with Crippen LogP contribution >= 0.6 is 0 Å². The minimum absolute atomic E-state index is 0.0447. The van der Waals surface area contributed by atoms with Crippen molar-refractivity contribution in [3.8, 4) is 11.5 Å². The standard InChI is InChI=1S/C21H18FNO4/c1-21(2)14(11-4-7-16(24)17(8-11)26-3)10-18(27-21)19-13-6-5-12(22)9-15(13)23-20(19)25/h4-10,24H,1-3H3,(H,23,25). The number of anilines is 1. The highest BCUT2D eigenvalue weighted by Crippen LogP contribution is 2.45. The number of nitrogens with one attached hydrogen (secondary N) is 1. The van der Waals surface area contributed by atoms with Gasteiger partial charge in [-0.05, 0) is 55.8 Å². The number of fused-ring (bicyclic) bond motifs is 1. The number of methoxy groups -OCH3 is 1. The number of hydrogen-bond donors (Lipinski definition) is 2. The second-order valence-corrected chi connectivity index (χ2v) is 6.94. The van der Waals surface area contributed by atoms with Crippen LogP contribution in [-0.2, 0) is 9.53 Å². The molecule has 0 bridgehead atoms. The molecule has 1 amide bonds. The largest absolute Gasteiger partial charge is 0.504 e. The van der Waals surface area contributed by atoms with Crippen LogP contribution in [0.15, 0.2) is 48.2 Å². The summed E-state index contributed by atoms with van der Waals surface area (Å²) in [5, 5.41) is 12.5. The van der Waals surface area contributed by atoms with Crippen LogP contribution in [0.25, 0.3) is 11.1 Å². The van der Waals surface area contributed by atoms with E-state index in [4.69, 9.17) is 9.47 Å². The van der Waals surface area contributed by atoms with Gasteiger partial charge in [0.15, 0.2) is 11.5 Å². The summed E-state index contributed by atoms with van der Waals surface area (Å²) in [6.45, 7) is 3.79. The maximum Gasteiger partial charge on any atom is 0.260 e. The predicted octanol–water partition coefficient (Wildman–Crippen LogP) is 4.10. The van der Waals surface area contributed by atoms with E-state index in [2.05, 4.69) is 5.32 Å². The van der Waals surface area contributed by atoms with E-state index in [1.807, 2.05) is 13.8 Å². The number of benzene rings is 2. The van der Waals surface area contributed by atoms with Crippen molar-refractivity contribution in [3.63, 3.8) is 0 Å². The van der Waals surface area contributed by atoms with Crippen molar-refractivity contribution >= 4 is 22.7 Å². The van der Waals surface area contributed by atoms with Crippen LogP contribution in [0.4, 0.5) is 10.1 Å². The summed E-state index contributed by atoms with van der Waals surface area (Å²) in [4.78, 5) is 12.5. The van der Waals surface area contributed by atoms with Crippen LogP contribution in [0, 0.1) is 5.82 Å². The van der Waals surface area contributed by atoms with Crippen molar-refractivity contribution in [2.45, 2.75) is 19.4 Å². The van der Waals surface area contributed by atoms with E-state index < -0.39 is 11.4 Å². The van der Waals surface area contributed by atoms with Crippen molar-refractivity contribution in [1.29, 1.82) is 0 Å². The molecule has 2 heterocycles. The number of carbonyl (C=O) groups excluding carboxylic acids is 1. The third-order valence-electron chi connectivity index (χ3n) is 4.75. The summed E-state index contributed by atoms with van der Waals surface area (Å²) in [6.07, 6.45) is 1.80. The third-order valence-corrected chi connectivity index (χ3v) is 4.75. The van der Waals surface area contributed by atoms with Gasteiger partial charge < -0.3 is 19.9 Å². The molecule has 2 aromatic carbocycles. The average molecular weight is 367 g/mol. The minimum atomic E-state index is -0.701. The highest BCUT2D eigenvalue weighted by molar-refractivity contribution is 6.32. The number of amides is 1. The Kier molecular flexibility index (Phi) is 3.73. The zero-order valence-electron chi connectivity index (χ0n) is 15.1. The van der Waals surface area contributed by atoms with E-state index in [1.54, 1.807) is 30.3 Å². The Hall–Kier alpha value is -3.28. The number of phenols is 1. The lowest BCUT2D eigenvalue weighted by atomic mass is 9.92. The first-order valence-corrected chi connectivity index (χ1v) is 8.44. The summed E-state index contributed by atoms with van der Waals surface area (Å²) in [5.74, 6) is 0.0699. The molecule has 2 aliphatic heterocycles. The topological polar surface area (TPSA) is 67.8 Å². The van der Waals surface area contributed by atoms with Crippen molar-refractivity contribution in [2.24, 2.45) is 0 Å². The predicted molar refractivity (Wildman–Crippen MR) is 99.7 cm³/mol. The summed E-state index contributed by atoms with van der Waals surface area (Å²) >= 11 is 0. The molecule has 0 unspecified atom stereocenters. The van der Waals surface area contributed by atoms with Crippen LogP contribution in [0.1, 0.15) is 25.0 Å². The molecular formula is C21H18FNO4. The molecular weight excluding hydrogens is 349 g/mol. The fraction of sp³-hybridized carbons (Fsp3) is 0.190. The summed E-state index contributed by atoms with van der Waals surface area (Å²) < 4.78 is 24.7. The van der Waals surface area contributed by atoms with Gasteiger partial charge in [-0.3, -0.25) is 4.79 Å². The first kappa shape index (κ1) is 17.1. The maximum absolute atomic E-state index is 13.5. The molecule has 0 fully saturated rings. The van der Waals surface area contributed by atoms with Gasteiger partial charge >= 0.3 is 0 Å². The van der Waals surface area contributed by atoms with E-state index in [1.165, 1.54) is 19.2 Å². The zero-order valence-corrected chi connectivity index (χ0v) is 15.1. The Labute approximate surface area is 155 Å². The maximum atomic E-state index is 13.5. The lowest BCUT2D eigenvalue weighted by Crippen LogP contribution is -2.21. The molecule has 5 nitrogen and oxygen atoms in total. The van der Waals surface area contributed by atoms with Gasteiger partial charge in [0, 0.05) is 11.1 Å². The van der Waals surface area contributed by atoms with E-state index in [0.29, 0.717) is 28.3 Å². The molecule has 2 aromatic rings. The molecule has 2 aliphatic rings. The molecule has 0 aliphatic carbocycles. The third kappa shape index (κ3) is 2.73. The number of allylic oxidation sites excluding steroid dienone is 1. The smallest absolute Gasteiger partial charge is 0.260 e. The van der Waals surface area contributed by atoms with Crippen LogP contribution in [0.5, 0.6) is 11.5 Å². The van der Waals surface area contributed by atoms with E-state index in [9.17, 15) is 14.3 Å². The number of carbonyl (C=O) groups is 1. The first-order chi connectivity index (χ1) is 12.8. The van der Waals surface area contributed by atoms with Gasteiger partial charge in [-0.25, -0.2) is 4.39 Å². The number of ether oxygens (including phenoxy) is 2. The zero-order chi connectivity index (χ0) is 19.3. The Bertz CT molecular complexity index is 1040. The second kappa shape index (κ2) is 5.87. The lowest BCUT2D eigenvalue weighted by Gasteiger charge is -2.23. The van der Waals surface area contributed by atoms with E-state index in [-0.39, 0.29) is 11.7 Å². The molecule has 0 spiro atoms. The van der Waals surface area contributed by atoms with Crippen molar-refractivity contribution in [2.75, 3.05) is 12.4 Å². The fourth-order valence-electron chi connectivity index (χ4n) is 3.45. The highest BCUT2D eigenvalue weighted by atomic mass is 19.1. The van der Waals surface area contributed by atoms with Crippen LogP contribution in [0.2, 0.25) is 0 Å². The summed E-state index contributed by atoms with van der Waals surface area (Å²) in [7, 11) is 1.48. The van der Waals surface area contributed by atoms with Gasteiger partial charge in [0.05, 0.1) is 18.4 Å². The molecule has 138 valence electrons. The Morgan fingerprint density at radius 3 is 2.70 bits per heavy atom. The molecule has 0 aromatic heterocycles. The van der Waals surface area contributed by atoms with Gasteiger partial charge in [0.25, 0.3) is 5.91 Å². The van der Waals surface area contributed by atoms with Gasteiger partial charge in [0.2, 0.25) is 0 Å². The number of aromatic hydroxyl groups is 1. The molecule has 4 rings (SSSR count). The second-order valence-electron chi connectivity index (χ2n) is 6.94. The first-order valence-electron chi connectivity index (χ1n) is 8.44. The summed E-state index contributed by atoms with van der Waals surface area (Å²) in [5.41, 5.74) is 2.35. The SMILES string of the molecule is COc1cc(C2=CC(=C3C(=O)Nc4cc(F)ccc43)OC2(C)C)ccc1O. The van der Waals surface area contributed by atoms with Crippen molar-refractivity contribution in [1.82, 2.24) is 0 Å². The molecule has 0 saturated heterocycles. The van der Waals surface area contributed by atoms with E-state index >= 15 is 0 Å². The van der Waals surface area contributed by atoms with Gasteiger partial charge in [-0.15, -0.1) is 0 Å². The Balaban J connectivity index is 1.86. The van der Waals surface area contributed by atoms with E-state index in [0.717, 1.165) is 11.1 Å². The average Bonchev–Trinajstić information content (AvgIpc) is 3.09. The Morgan fingerprint density at radius 2 is 1.96 bits per heavy atom. The fourth-order valence-corrected chi connectivity index (χ4v) is 3.45. The molecule has 27 heavy (non-hydrogen) atoms. The number of halogens is 1. The minimum Gasteiger partial charge on any atom is -0.504 e. The number of rotatable bonds is 2. The molecule has 2 N–H and O–H groups in total. The monoisotopic (exact) mass is 367 g/mol. The number of hydrogen-bond acceptors (Lipinski definition) is 4. The molecule has 0 saturated carbocycles. The van der Waals surface area contributed by atoms with Crippen LogP contribution in [0.3, 0.4) is 0 Å². The quantitative estimate of drug-likeness (QED) is 0.785. The molecule has 6 heteroatoms. The lowest BCUT2D eigenvalue weighted by molar-refractivity contribution is -0.111. The normalized spacial score (nSPS) is 20.0. The molecule has 0 radical (unpaired) electrons. The van der Waals surface area contributed by atoms with Crippen molar-refractivity contribution in [3.05, 3.63) is 65.2 Å². The van der Waals surface area contributed by atoms with Gasteiger partial charge in [0.1, 0.15) is 17.2 Å². The van der Waals surface area contributed by atoms with Crippen LogP contribution in [-0.4, -0.2) is 23.7 Å². The Morgan fingerprint density at radius 1 is 1.19 bits per heavy atom. The highest BCUT2D eigenvalue weighted by Gasteiger charge is 2.38. The van der Waals surface area contributed by atoms with Crippen LogP contribution < -0.4 is 10.1 Å². The van der Waals surface area contributed by atoms with Crippen molar-refractivity contribution < 1.29 is 23.8 Å². The summed E-state index contributed by atoms with van der Waals surface area (Å²) in [6, 6.07) is 9.21. The molecule has 0 atom stereocenters. The van der Waals surface area contributed by atoms with Gasteiger partial charge in [-0.2, -0.15) is 0 Å². The van der Waals surface area contributed by atoms with Gasteiger partial charge in [-0.1, -0.05) is 6.07 Å².